The molecule has 5 rings (SSSR count). The first-order valence-corrected chi connectivity index (χ1v) is 14.7. The number of likely N-dealkylation sites (N-methyl/N-ethyl adjacent to an activating group) is 1. The van der Waals surface area contributed by atoms with Crippen molar-refractivity contribution in [1.29, 1.82) is 0 Å². The first-order chi connectivity index (χ1) is 19.0. The smallest absolute Gasteiger partial charge is 0.406 e. The zero-order chi connectivity index (χ0) is 28.7. The fraction of sp³-hybridized carbons (Fsp3) is 0.357. The lowest BCUT2D eigenvalue weighted by Gasteiger charge is -2.46. The standard InChI is InChI=1S/C28H30ClF3N4O3S/c1-33-40(38,22-13-11-21(12-14-22)39-28(30,31)32)34-23-16-35(2)17-26(27(23)37)36-24-6-4-3-5-18(24)7-8-19-9-10-20(29)15-25(19)36/h3-6,9-15,23,26-27,37H,7-8,16-17H2,1-2H3,(H,33,34,38). The number of hydrogen-bond acceptors (Lipinski definition) is 6. The van der Waals surface area contributed by atoms with Crippen molar-refractivity contribution in [2.45, 2.75) is 42.3 Å². The van der Waals surface area contributed by atoms with Crippen LogP contribution in [0.2, 0.25) is 5.02 Å². The monoisotopic (exact) mass is 594 g/mol. The van der Waals surface area contributed by atoms with Gasteiger partial charge in [-0.2, -0.15) is 0 Å². The van der Waals surface area contributed by atoms with E-state index in [1.54, 1.807) is 0 Å². The van der Waals surface area contributed by atoms with Crippen molar-refractivity contribution in [1.82, 2.24) is 9.62 Å². The number of nitrogens with zero attached hydrogens (tertiary/aromatic N) is 3. The molecule has 4 unspecified atom stereocenters. The predicted molar refractivity (Wildman–Crippen MR) is 150 cm³/mol. The summed E-state index contributed by atoms with van der Waals surface area (Å²) in [5.41, 5.74) is 4.15. The van der Waals surface area contributed by atoms with E-state index in [0.717, 1.165) is 47.5 Å². The van der Waals surface area contributed by atoms with E-state index in [1.165, 1.54) is 19.2 Å². The van der Waals surface area contributed by atoms with Crippen LogP contribution >= 0.6 is 11.6 Å². The van der Waals surface area contributed by atoms with E-state index in [-0.39, 0.29) is 4.90 Å². The van der Waals surface area contributed by atoms with Gasteiger partial charge in [0, 0.05) is 36.5 Å². The summed E-state index contributed by atoms with van der Waals surface area (Å²) < 4.78 is 62.8. The quantitative estimate of drug-likeness (QED) is 0.426. The Hall–Kier alpha value is -2.83. The third-order valence-corrected chi connectivity index (χ3v) is 9.59. The Bertz CT molecular complexity index is 1490. The predicted octanol–water partition coefficient (Wildman–Crippen LogP) is 5.18. The highest BCUT2D eigenvalue weighted by Gasteiger charge is 2.41. The minimum Gasteiger partial charge on any atom is -0.406 e. The molecule has 40 heavy (non-hydrogen) atoms. The molecule has 214 valence electrons. The molecule has 2 N–H and O–H groups in total. The van der Waals surface area contributed by atoms with Crippen molar-refractivity contribution < 1.29 is 27.2 Å². The van der Waals surface area contributed by atoms with Crippen LogP contribution in [0.5, 0.6) is 5.75 Å². The Morgan fingerprint density at radius 1 is 1.02 bits per heavy atom. The van der Waals surface area contributed by atoms with Crippen LogP contribution in [-0.4, -0.2) is 66.0 Å². The van der Waals surface area contributed by atoms with Crippen LogP contribution in [0.4, 0.5) is 24.5 Å². The fourth-order valence-electron chi connectivity index (χ4n) is 5.50. The summed E-state index contributed by atoms with van der Waals surface area (Å²) in [5.74, 6) is -0.427. The molecule has 4 atom stereocenters. The Labute approximate surface area is 236 Å². The number of aliphatic hydroxyl groups is 1. The van der Waals surface area contributed by atoms with E-state index >= 15 is 0 Å². The molecule has 0 spiro atoms. The van der Waals surface area contributed by atoms with Crippen LogP contribution in [0.3, 0.4) is 0 Å². The van der Waals surface area contributed by atoms with E-state index in [2.05, 4.69) is 24.8 Å². The van der Waals surface area contributed by atoms with Gasteiger partial charge in [-0.1, -0.05) is 35.9 Å². The van der Waals surface area contributed by atoms with Gasteiger partial charge in [-0.05, 0) is 73.5 Å². The SMILES string of the molecule is CN=S(=O)(NC1CN(C)CC(N2c3ccccc3CCc3ccc(Cl)cc32)C1O)c1ccc(OC(F)(F)F)cc1. The third kappa shape index (κ3) is 5.94. The van der Waals surface area contributed by atoms with Gasteiger partial charge in [-0.3, -0.25) is 0 Å². The van der Waals surface area contributed by atoms with E-state index in [4.69, 9.17) is 11.6 Å². The molecule has 0 amide bonds. The van der Waals surface area contributed by atoms with Crippen molar-refractivity contribution in [2.75, 3.05) is 32.1 Å². The molecule has 12 heteroatoms. The Balaban J connectivity index is 1.49. The number of benzene rings is 3. The highest BCUT2D eigenvalue weighted by Crippen LogP contribution is 2.40. The number of fused-ring (bicyclic) bond motifs is 2. The molecule has 3 aromatic rings. The van der Waals surface area contributed by atoms with Gasteiger partial charge in [0.05, 0.1) is 23.1 Å². The second-order valence-electron chi connectivity index (χ2n) is 10.0. The van der Waals surface area contributed by atoms with Crippen molar-refractivity contribution in [2.24, 2.45) is 4.36 Å². The summed E-state index contributed by atoms with van der Waals surface area (Å²) in [6, 6.07) is 17.5. The number of hydrogen-bond donors (Lipinski definition) is 2. The van der Waals surface area contributed by atoms with E-state index in [9.17, 15) is 22.5 Å². The minimum absolute atomic E-state index is 0.179. The van der Waals surface area contributed by atoms with Crippen molar-refractivity contribution in [3.05, 3.63) is 82.9 Å². The second-order valence-corrected chi connectivity index (χ2v) is 12.6. The summed E-state index contributed by atoms with van der Waals surface area (Å²) in [6.07, 6.45) is -4.17. The molecule has 1 fully saturated rings. The lowest BCUT2D eigenvalue weighted by atomic mass is 9.95. The van der Waals surface area contributed by atoms with Gasteiger partial charge in [-0.25, -0.2) is 13.3 Å². The molecule has 3 aromatic carbocycles. The molecule has 0 radical (unpaired) electrons. The summed E-state index contributed by atoms with van der Waals surface area (Å²) >= 11 is 6.44. The highest BCUT2D eigenvalue weighted by molar-refractivity contribution is 7.91. The van der Waals surface area contributed by atoms with E-state index in [1.807, 2.05) is 48.3 Å². The number of aryl methyl sites for hydroxylation is 2. The number of nitrogens with one attached hydrogen (secondary N) is 1. The number of piperidine rings is 1. The van der Waals surface area contributed by atoms with Gasteiger partial charge in [0.25, 0.3) is 0 Å². The molecule has 2 aliphatic heterocycles. The molecular weight excluding hydrogens is 565 g/mol. The molecule has 2 heterocycles. The van der Waals surface area contributed by atoms with Gasteiger partial charge in [0.2, 0.25) is 0 Å². The maximum absolute atomic E-state index is 14.0. The zero-order valence-electron chi connectivity index (χ0n) is 21.9. The van der Waals surface area contributed by atoms with Gasteiger partial charge < -0.3 is 19.6 Å². The first kappa shape index (κ1) is 28.7. The fourth-order valence-corrected chi connectivity index (χ4v) is 7.25. The maximum atomic E-state index is 14.0. The number of halogens is 4. The summed E-state index contributed by atoms with van der Waals surface area (Å²) in [5, 5.41) is 12.4. The molecule has 0 aromatic heterocycles. The first-order valence-electron chi connectivity index (χ1n) is 12.8. The van der Waals surface area contributed by atoms with E-state index in [0.29, 0.717) is 18.1 Å². The lowest BCUT2D eigenvalue weighted by molar-refractivity contribution is -0.274. The van der Waals surface area contributed by atoms with Gasteiger partial charge in [-0.15, -0.1) is 13.2 Å². The normalized spacial score (nSPS) is 23.0. The molecule has 0 bridgehead atoms. The number of anilines is 2. The average Bonchev–Trinajstić information content (AvgIpc) is 3.06. The van der Waals surface area contributed by atoms with Crippen LogP contribution < -0.4 is 14.4 Å². The van der Waals surface area contributed by atoms with Crippen LogP contribution in [0, 0.1) is 0 Å². The Morgan fingerprint density at radius 2 is 1.70 bits per heavy atom. The topological polar surface area (TPSA) is 77.4 Å². The number of para-hydroxylation sites is 1. The van der Waals surface area contributed by atoms with Gasteiger partial charge in [0.1, 0.15) is 15.7 Å². The molecular formula is C28H30ClF3N4O3S. The third-order valence-electron chi connectivity index (χ3n) is 7.31. The zero-order valence-corrected chi connectivity index (χ0v) is 23.5. The second kappa shape index (κ2) is 11.2. The summed E-state index contributed by atoms with van der Waals surface area (Å²) in [7, 11) is -0.00810. The summed E-state index contributed by atoms with van der Waals surface area (Å²) in [6.45, 7) is 0.894. The molecule has 1 saturated heterocycles. The Kier molecular flexibility index (Phi) is 8.04. The largest absolute Gasteiger partial charge is 0.573 e. The highest BCUT2D eigenvalue weighted by atomic mass is 35.5. The molecule has 0 aliphatic carbocycles. The lowest BCUT2D eigenvalue weighted by Crippen LogP contribution is -2.64. The van der Waals surface area contributed by atoms with Crippen molar-refractivity contribution in [3.63, 3.8) is 0 Å². The van der Waals surface area contributed by atoms with Gasteiger partial charge >= 0.3 is 6.36 Å². The van der Waals surface area contributed by atoms with Crippen LogP contribution in [0.15, 0.2) is 76.0 Å². The van der Waals surface area contributed by atoms with Crippen LogP contribution in [-0.2, 0) is 22.8 Å². The maximum Gasteiger partial charge on any atom is 0.573 e. The van der Waals surface area contributed by atoms with Crippen LogP contribution in [0.1, 0.15) is 11.1 Å². The number of rotatable bonds is 5. The van der Waals surface area contributed by atoms with E-state index < -0.39 is 40.2 Å². The van der Waals surface area contributed by atoms with Crippen LogP contribution in [0.25, 0.3) is 0 Å². The van der Waals surface area contributed by atoms with Gasteiger partial charge in [0.15, 0.2) is 0 Å². The minimum atomic E-state index is -4.84. The number of likely N-dealkylation sites (tertiary alicyclic amines) is 1. The number of aliphatic hydroxyl groups excluding tert-OH is 1. The summed E-state index contributed by atoms with van der Waals surface area (Å²) in [4.78, 5) is 4.36. The average molecular weight is 595 g/mol. The van der Waals surface area contributed by atoms with Crippen molar-refractivity contribution in [3.8, 4) is 5.75 Å². The molecule has 7 nitrogen and oxygen atoms in total. The Morgan fingerprint density at radius 3 is 2.38 bits per heavy atom. The number of alkyl halides is 3. The molecule has 0 saturated carbocycles. The molecule has 2 aliphatic rings. The number of ether oxygens (including phenoxy) is 1. The van der Waals surface area contributed by atoms with Crippen molar-refractivity contribution >= 4 is 32.9 Å².